The summed E-state index contributed by atoms with van der Waals surface area (Å²) in [6.45, 7) is 2.03. The molecular formula is C16H15ClN4O2. The Kier molecular flexibility index (Phi) is 4.16. The summed E-state index contributed by atoms with van der Waals surface area (Å²) in [4.78, 5) is 16.4. The number of rotatable bonds is 4. The molecule has 2 aromatic heterocycles. The van der Waals surface area contributed by atoms with Crippen LogP contribution in [0.15, 0.2) is 36.5 Å². The highest BCUT2D eigenvalue weighted by Crippen LogP contribution is 2.34. The number of nitrogens with zero attached hydrogens (tertiary/aromatic N) is 3. The molecule has 0 aliphatic carbocycles. The second-order valence-corrected chi connectivity index (χ2v) is 5.11. The van der Waals surface area contributed by atoms with E-state index in [1.165, 1.54) is 6.20 Å². The predicted octanol–water partition coefficient (Wildman–Crippen LogP) is 3.27. The van der Waals surface area contributed by atoms with Gasteiger partial charge in [-0.2, -0.15) is 9.61 Å². The fourth-order valence-electron chi connectivity index (χ4n) is 2.41. The number of hydrogen-bond acceptors (Lipinski definition) is 5. The fraction of sp³-hybridized carbons (Fsp3) is 0.188. The number of anilines is 1. The van der Waals surface area contributed by atoms with Gasteiger partial charge in [-0.25, -0.2) is 9.78 Å². The summed E-state index contributed by atoms with van der Waals surface area (Å²) < 4.78 is 6.58. The van der Waals surface area contributed by atoms with Crippen molar-refractivity contribution >= 4 is 29.0 Å². The number of aromatic nitrogens is 3. The lowest BCUT2D eigenvalue weighted by Crippen LogP contribution is -2.08. The van der Waals surface area contributed by atoms with Gasteiger partial charge in [-0.05, 0) is 12.5 Å². The molecule has 0 saturated carbocycles. The smallest absolute Gasteiger partial charge is 0.343 e. The maximum Gasteiger partial charge on any atom is 0.343 e. The Morgan fingerprint density at radius 1 is 1.35 bits per heavy atom. The zero-order valence-corrected chi connectivity index (χ0v) is 13.5. The minimum absolute atomic E-state index is 0.282. The van der Waals surface area contributed by atoms with Gasteiger partial charge in [0.25, 0.3) is 0 Å². The summed E-state index contributed by atoms with van der Waals surface area (Å²) in [6.07, 6.45) is 1.44. The molecule has 0 aliphatic rings. The topological polar surface area (TPSA) is 68.5 Å². The Morgan fingerprint density at radius 3 is 2.74 bits per heavy atom. The molecule has 118 valence electrons. The van der Waals surface area contributed by atoms with E-state index in [1.807, 2.05) is 30.3 Å². The molecule has 23 heavy (non-hydrogen) atoms. The third-order valence-electron chi connectivity index (χ3n) is 3.40. The molecule has 0 aliphatic heterocycles. The van der Waals surface area contributed by atoms with Crippen molar-refractivity contribution in [3.63, 3.8) is 0 Å². The van der Waals surface area contributed by atoms with Gasteiger partial charge in [0, 0.05) is 7.05 Å². The molecule has 3 aromatic rings. The van der Waals surface area contributed by atoms with Gasteiger partial charge in [0.1, 0.15) is 16.5 Å². The number of fused-ring (bicyclic) bond motifs is 1. The molecule has 0 radical (unpaired) electrons. The maximum atomic E-state index is 12.0. The summed E-state index contributed by atoms with van der Waals surface area (Å²) in [6, 6.07) is 9.64. The van der Waals surface area contributed by atoms with Gasteiger partial charge in [-0.1, -0.05) is 41.9 Å². The molecule has 0 amide bonds. The second-order valence-electron chi connectivity index (χ2n) is 4.76. The lowest BCUT2D eigenvalue weighted by Gasteiger charge is -2.13. The van der Waals surface area contributed by atoms with Crippen LogP contribution in [0.1, 0.15) is 17.3 Å². The van der Waals surface area contributed by atoms with E-state index in [2.05, 4.69) is 15.4 Å². The van der Waals surface area contributed by atoms with Crippen LogP contribution in [0.4, 0.5) is 5.82 Å². The first kappa shape index (κ1) is 15.3. The van der Waals surface area contributed by atoms with E-state index in [4.69, 9.17) is 16.3 Å². The molecule has 3 rings (SSSR count). The Hall–Kier alpha value is -2.60. The average Bonchev–Trinajstić information content (AvgIpc) is 2.98. The van der Waals surface area contributed by atoms with Gasteiger partial charge in [-0.3, -0.25) is 0 Å². The molecule has 0 spiro atoms. The van der Waals surface area contributed by atoms with Gasteiger partial charge in [0.2, 0.25) is 0 Å². The standard InChI is InChI=1S/C16H15ClN4O2/c1-3-23-16(22)11-9-19-21-14(11)20-13(17)12(15(21)18-2)10-7-5-4-6-8-10/h4-9,18H,3H2,1-2H3. The molecule has 0 unspecified atom stereocenters. The van der Waals surface area contributed by atoms with E-state index < -0.39 is 5.97 Å². The van der Waals surface area contributed by atoms with Crippen LogP contribution < -0.4 is 5.32 Å². The Bertz CT molecular complexity index is 861. The lowest BCUT2D eigenvalue weighted by atomic mass is 10.1. The quantitative estimate of drug-likeness (QED) is 0.587. The zero-order valence-electron chi connectivity index (χ0n) is 12.7. The first-order valence-electron chi connectivity index (χ1n) is 7.14. The Balaban J connectivity index is 2.26. The minimum atomic E-state index is -0.472. The predicted molar refractivity (Wildman–Crippen MR) is 88.9 cm³/mol. The number of halogens is 1. The van der Waals surface area contributed by atoms with E-state index in [-0.39, 0.29) is 12.2 Å². The van der Waals surface area contributed by atoms with Crippen LogP contribution in [0, 0.1) is 0 Å². The second kappa shape index (κ2) is 6.26. The van der Waals surface area contributed by atoms with Crippen molar-refractivity contribution in [2.75, 3.05) is 19.0 Å². The number of hydrogen-bond donors (Lipinski definition) is 1. The molecular weight excluding hydrogens is 316 g/mol. The van der Waals surface area contributed by atoms with Crippen molar-refractivity contribution in [1.29, 1.82) is 0 Å². The summed E-state index contributed by atoms with van der Waals surface area (Å²) in [5.74, 6) is 0.183. The monoisotopic (exact) mass is 330 g/mol. The highest BCUT2D eigenvalue weighted by Gasteiger charge is 2.21. The normalized spacial score (nSPS) is 10.7. The highest BCUT2D eigenvalue weighted by atomic mass is 35.5. The van der Waals surface area contributed by atoms with Crippen molar-refractivity contribution in [2.24, 2.45) is 0 Å². The molecule has 1 N–H and O–H groups in total. The Morgan fingerprint density at radius 2 is 2.09 bits per heavy atom. The van der Waals surface area contributed by atoms with E-state index in [0.717, 1.165) is 11.1 Å². The first-order valence-corrected chi connectivity index (χ1v) is 7.52. The Labute approximate surface area is 138 Å². The first-order chi connectivity index (χ1) is 11.2. The van der Waals surface area contributed by atoms with Crippen LogP contribution in [0.25, 0.3) is 16.8 Å². The number of esters is 1. The minimum Gasteiger partial charge on any atom is -0.462 e. The van der Waals surface area contributed by atoms with Gasteiger partial charge in [-0.15, -0.1) is 0 Å². The largest absolute Gasteiger partial charge is 0.462 e. The van der Waals surface area contributed by atoms with Crippen LogP contribution in [0.2, 0.25) is 5.15 Å². The van der Waals surface area contributed by atoms with Gasteiger partial charge in [0.15, 0.2) is 5.65 Å². The van der Waals surface area contributed by atoms with Crippen molar-refractivity contribution in [3.8, 4) is 11.1 Å². The third-order valence-corrected chi connectivity index (χ3v) is 3.67. The number of benzene rings is 1. The third kappa shape index (κ3) is 2.61. The van der Waals surface area contributed by atoms with Crippen molar-refractivity contribution in [1.82, 2.24) is 14.6 Å². The summed E-state index contributed by atoms with van der Waals surface area (Å²) in [7, 11) is 1.77. The van der Waals surface area contributed by atoms with Crippen LogP contribution in [0.3, 0.4) is 0 Å². The fourth-order valence-corrected chi connectivity index (χ4v) is 2.69. The van der Waals surface area contributed by atoms with Gasteiger partial charge < -0.3 is 10.1 Å². The molecule has 6 nitrogen and oxygen atoms in total. The summed E-state index contributed by atoms with van der Waals surface area (Å²) >= 11 is 6.39. The van der Waals surface area contributed by atoms with Crippen LogP contribution in [0.5, 0.6) is 0 Å². The van der Waals surface area contributed by atoms with E-state index in [9.17, 15) is 4.79 Å². The summed E-state index contributed by atoms with van der Waals surface area (Å²) in [5, 5.41) is 7.63. The SMILES string of the molecule is CCOC(=O)c1cnn2c(NC)c(-c3ccccc3)c(Cl)nc12. The highest BCUT2D eigenvalue weighted by molar-refractivity contribution is 6.33. The van der Waals surface area contributed by atoms with Crippen LogP contribution in [-0.2, 0) is 4.74 Å². The maximum absolute atomic E-state index is 12.0. The molecule has 0 saturated heterocycles. The van der Waals surface area contributed by atoms with Gasteiger partial charge >= 0.3 is 5.97 Å². The lowest BCUT2D eigenvalue weighted by molar-refractivity contribution is 0.0528. The molecule has 0 atom stereocenters. The van der Waals surface area contributed by atoms with Crippen molar-refractivity contribution in [2.45, 2.75) is 6.92 Å². The molecule has 2 heterocycles. The van der Waals surface area contributed by atoms with E-state index in [1.54, 1.807) is 18.5 Å². The van der Waals surface area contributed by atoms with Crippen molar-refractivity contribution in [3.05, 3.63) is 47.2 Å². The van der Waals surface area contributed by atoms with Crippen molar-refractivity contribution < 1.29 is 9.53 Å². The average molecular weight is 331 g/mol. The van der Waals surface area contributed by atoms with E-state index in [0.29, 0.717) is 16.6 Å². The van der Waals surface area contributed by atoms with Crippen LogP contribution >= 0.6 is 11.6 Å². The summed E-state index contributed by atoms with van der Waals surface area (Å²) in [5.41, 5.74) is 2.27. The molecule has 1 aromatic carbocycles. The molecule has 7 heteroatoms. The van der Waals surface area contributed by atoms with Crippen LogP contribution in [-0.4, -0.2) is 34.2 Å². The number of nitrogens with one attached hydrogen (secondary N) is 1. The van der Waals surface area contributed by atoms with Gasteiger partial charge in [0.05, 0.1) is 18.4 Å². The number of ether oxygens (including phenoxy) is 1. The molecule has 0 fully saturated rings. The molecule has 0 bridgehead atoms. The van der Waals surface area contributed by atoms with E-state index >= 15 is 0 Å². The zero-order chi connectivity index (χ0) is 16.4. The number of carbonyl (C=O) groups is 1. The number of carbonyl (C=O) groups excluding carboxylic acids is 1.